The number of hydrogen-bond acceptors (Lipinski definition) is 2. The van der Waals surface area contributed by atoms with E-state index in [1.165, 1.54) is 6.07 Å². The van der Waals surface area contributed by atoms with Crippen molar-refractivity contribution >= 4 is 23.3 Å². The molecule has 4 heteroatoms. The third-order valence-electron chi connectivity index (χ3n) is 2.27. The lowest BCUT2D eigenvalue weighted by molar-refractivity contribution is 1.00. The number of nitrogens with two attached hydrogens (primary N) is 1. The normalized spacial score (nSPS) is 9.50. The number of terminal acetylenes is 1. The molecule has 0 amide bonds. The van der Waals surface area contributed by atoms with Gasteiger partial charge in [0.1, 0.15) is 0 Å². The fourth-order valence-electron chi connectivity index (χ4n) is 1.50. The van der Waals surface area contributed by atoms with Crippen molar-refractivity contribution in [1.29, 1.82) is 0 Å². The first kappa shape index (κ1) is 12.3. The average Bonchev–Trinajstić information content (AvgIpc) is 2.28. The molecule has 0 spiro atoms. The third kappa shape index (κ3) is 2.08. The van der Waals surface area contributed by atoms with E-state index in [9.17, 15) is 4.79 Å². The number of aromatic amines is 1. The number of H-pyrrole nitrogens is 1. The molecule has 0 radical (unpaired) electrons. The third-order valence-corrected chi connectivity index (χ3v) is 2.27. The van der Waals surface area contributed by atoms with Gasteiger partial charge in [-0.25, -0.2) is 0 Å². The van der Waals surface area contributed by atoms with Crippen LogP contribution in [0.3, 0.4) is 0 Å². The Morgan fingerprint density at radius 3 is 2.75 bits per heavy atom. The van der Waals surface area contributed by atoms with E-state index in [1.54, 1.807) is 18.2 Å². The molecule has 3 nitrogen and oxygen atoms in total. The van der Waals surface area contributed by atoms with E-state index in [2.05, 4.69) is 10.9 Å². The van der Waals surface area contributed by atoms with E-state index in [0.717, 1.165) is 11.2 Å². The molecule has 3 N–H and O–H groups in total. The monoisotopic (exact) mass is 234 g/mol. The predicted molar refractivity (Wildman–Crippen MR) is 67.6 cm³/mol. The van der Waals surface area contributed by atoms with Crippen molar-refractivity contribution in [3.05, 3.63) is 45.7 Å². The second-order valence-corrected chi connectivity index (χ2v) is 3.27. The van der Waals surface area contributed by atoms with Crippen LogP contribution in [0.25, 0.3) is 10.9 Å². The number of rotatable bonds is 1. The molecule has 0 saturated carbocycles. The lowest BCUT2D eigenvalue weighted by Crippen LogP contribution is -2.08. The number of pyridine rings is 1. The maximum Gasteiger partial charge on any atom is 0.189 e. The largest absolute Gasteiger partial charge is 0.357 e. The summed E-state index contributed by atoms with van der Waals surface area (Å²) in [5, 5.41) is 0.600. The van der Waals surface area contributed by atoms with Crippen molar-refractivity contribution in [2.75, 3.05) is 0 Å². The number of nitrogens with one attached hydrogen (secondary N) is 1. The molecular weight excluding hydrogens is 224 g/mol. The SMILES string of the molecule is C#Cc1ccc2[nH]c(CN)cc(=O)c2c1.Cl. The Balaban J connectivity index is 0.00000128. The zero-order chi connectivity index (χ0) is 10.8. The summed E-state index contributed by atoms with van der Waals surface area (Å²) in [5.74, 6) is 2.50. The summed E-state index contributed by atoms with van der Waals surface area (Å²) in [6.07, 6.45) is 5.26. The maximum atomic E-state index is 11.7. The summed E-state index contributed by atoms with van der Waals surface area (Å²) in [7, 11) is 0. The Kier molecular flexibility index (Phi) is 3.73. The van der Waals surface area contributed by atoms with Gasteiger partial charge in [0.25, 0.3) is 0 Å². The van der Waals surface area contributed by atoms with Gasteiger partial charge in [0.05, 0.1) is 0 Å². The number of halogens is 1. The minimum atomic E-state index is -0.0544. The zero-order valence-corrected chi connectivity index (χ0v) is 9.30. The van der Waals surface area contributed by atoms with Crippen LogP contribution in [0.15, 0.2) is 29.1 Å². The van der Waals surface area contributed by atoms with Crippen molar-refractivity contribution < 1.29 is 0 Å². The lowest BCUT2D eigenvalue weighted by atomic mass is 10.1. The highest BCUT2D eigenvalue weighted by Crippen LogP contribution is 2.10. The van der Waals surface area contributed by atoms with Crippen LogP contribution in [0, 0.1) is 12.3 Å². The van der Waals surface area contributed by atoms with Gasteiger partial charge in [-0.2, -0.15) is 0 Å². The Morgan fingerprint density at radius 2 is 2.12 bits per heavy atom. The molecule has 1 aromatic carbocycles. The van der Waals surface area contributed by atoms with Gasteiger partial charge in [-0.1, -0.05) is 5.92 Å². The van der Waals surface area contributed by atoms with Crippen LogP contribution in [0.1, 0.15) is 11.3 Å². The quantitative estimate of drug-likeness (QED) is 0.733. The fourth-order valence-corrected chi connectivity index (χ4v) is 1.50. The van der Waals surface area contributed by atoms with Gasteiger partial charge in [-0.15, -0.1) is 18.8 Å². The van der Waals surface area contributed by atoms with Crippen molar-refractivity contribution in [1.82, 2.24) is 4.98 Å². The first-order valence-electron chi connectivity index (χ1n) is 4.57. The number of fused-ring (bicyclic) bond motifs is 1. The van der Waals surface area contributed by atoms with Gasteiger partial charge in [0.2, 0.25) is 0 Å². The molecule has 0 unspecified atom stereocenters. The highest BCUT2D eigenvalue weighted by molar-refractivity contribution is 5.85. The van der Waals surface area contributed by atoms with Crippen LogP contribution in [-0.4, -0.2) is 4.98 Å². The first-order chi connectivity index (χ1) is 7.24. The summed E-state index contributed by atoms with van der Waals surface area (Å²) in [6, 6.07) is 6.79. The van der Waals surface area contributed by atoms with Gasteiger partial charge in [0.15, 0.2) is 5.43 Å². The molecule has 1 aromatic heterocycles. The molecule has 16 heavy (non-hydrogen) atoms. The highest BCUT2D eigenvalue weighted by Gasteiger charge is 2.01. The summed E-state index contributed by atoms with van der Waals surface area (Å²) >= 11 is 0. The minimum Gasteiger partial charge on any atom is -0.357 e. The van der Waals surface area contributed by atoms with Gasteiger partial charge < -0.3 is 10.7 Å². The summed E-state index contributed by atoms with van der Waals surface area (Å²) < 4.78 is 0. The van der Waals surface area contributed by atoms with E-state index in [-0.39, 0.29) is 17.8 Å². The Bertz CT molecular complexity index is 610. The molecule has 0 aliphatic carbocycles. The zero-order valence-electron chi connectivity index (χ0n) is 8.49. The van der Waals surface area contributed by atoms with Gasteiger partial charge in [-0.3, -0.25) is 4.79 Å². The van der Waals surface area contributed by atoms with Gasteiger partial charge >= 0.3 is 0 Å². The van der Waals surface area contributed by atoms with E-state index >= 15 is 0 Å². The number of aromatic nitrogens is 1. The molecule has 0 atom stereocenters. The van der Waals surface area contributed by atoms with Crippen molar-refractivity contribution in [3.63, 3.8) is 0 Å². The van der Waals surface area contributed by atoms with Crippen LogP contribution in [-0.2, 0) is 6.54 Å². The average molecular weight is 235 g/mol. The standard InChI is InChI=1S/C12H10N2O.ClH/c1-2-8-3-4-11-10(5-8)12(15)6-9(7-13)14-11;/h1,3-6H,7,13H2,(H,14,15);1H. The molecule has 2 rings (SSSR count). The Hall–Kier alpha value is -1.76. The second-order valence-electron chi connectivity index (χ2n) is 3.27. The molecule has 0 aliphatic rings. The molecule has 0 saturated heterocycles. The Morgan fingerprint density at radius 1 is 1.38 bits per heavy atom. The molecule has 82 valence electrons. The topological polar surface area (TPSA) is 58.9 Å². The van der Waals surface area contributed by atoms with Crippen LogP contribution < -0.4 is 11.2 Å². The molecule has 0 aliphatic heterocycles. The summed E-state index contributed by atoms with van der Waals surface area (Å²) in [5.41, 5.74) is 7.60. The predicted octanol–water partition coefficient (Wildman–Crippen LogP) is 1.39. The number of benzene rings is 1. The van der Waals surface area contributed by atoms with Crippen molar-refractivity contribution in [2.45, 2.75) is 6.54 Å². The van der Waals surface area contributed by atoms with Gasteiger partial charge in [-0.05, 0) is 18.2 Å². The highest BCUT2D eigenvalue weighted by atomic mass is 35.5. The van der Waals surface area contributed by atoms with E-state index in [0.29, 0.717) is 17.5 Å². The Labute approximate surface area is 99.1 Å². The summed E-state index contributed by atoms with van der Waals surface area (Å²) in [4.78, 5) is 14.8. The minimum absolute atomic E-state index is 0. The molecule has 1 heterocycles. The molecular formula is C12H11ClN2O. The first-order valence-corrected chi connectivity index (χ1v) is 4.57. The van der Waals surface area contributed by atoms with Crippen LogP contribution >= 0.6 is 12.4 Å². The van der Waals surface area contributed by atoms with Crippen molar-refractivity contribution in [3.8, 4) is 12.3 Å². The molecule has 2 aromatic rings. The fraction of sp³-hybridized carbons (Fsp3) is 0.0833. The van der Waals surface area contributed by atoms with Gasteiger partial charge in [0, 0.05) is 34.8 Å². The van der Waals surface area contributed by atoms with E-state index in [4.69, 9.17) is 12.2 Å². The molecule has 0 bridgehead atoms. The maximum absolute atomic E-state index is 11.7. The second kappa shape index (κ2) is 4.84. The van der Waals surface area contributed by atoms with E-state index in [1.807, 2.05) is 0 Å². The molecule has 0 fully saturated rings. The van der Waals surface area contributed by atoms with Crippen LogP contribution in [0.4, 0.5) is 0 Å². The van der Waals surface area contributed by atoms with Crippen LogP contribution in [0.5, 0.6) is 0 Å². The van der Waals surface area contributed by atoms with Crippen molar-refractivity contribution in [2.24, 2.45) is 5.73 Å². The lowest BCUT2D eigenvalue weighted by Gasteiger charge is -2.02. The smallest absolute Gasteiger partial charge is 0.189 e. The summed E-state index contributed by atoms with van der Waals surface area (Å²) in [6.45, 7) is 0.321. The van der Waals surface area contributed by atoms with E-state index < -0.39 is 0 Å². The van der Waals surface area contributed by atoms with Crippen LogP contribution in [0.2, 0.25) is 0 Å². The number of hydrogen-bond donors (Lipinski definition) is 2.